The molecule has 0 amide bonds. The van der Waals surface area contributed by atoms with Gasteiger partial charge in [0, 0.05) is 9.37 Å². The van der Waals surface area contributed by atoms with Crippen molar-refractivity contribution in [1.82, 2.24) is 0 Å². The summed E-state index contributed by atoms with van der Waals surface area (Å²) in [5.74, 6) is 0.117. The van der Waals surface area contributed by atoms with Crippen molar-refractivity contribution in [3.05, 3.63) is 27.7 Å². The summed E-state index contributed by atoms with van der Waals surface area (Å²) in [6.45, 7) is 8.75. The summed E-state index contributed by atoms with van der Waals surface area (Å²) in [7, 11) is 0. The smallest absolute Gasteiger partial charge is 0.316 e. The Bertz CT molecular complexity index is 461. The highest BCUT2D eigenvalue weighted by Crippen LogP contribution is 2.28. The second-order valence-electron chi connectivity index (χ2n) is 4.80. The van der Waals surface area contributed by atoms with Crippen LogP contribution in [0, 0.1) is 13.8 Å². The third kappa shape index (κ3) is 6.29. The molecule has 0 fully saturated rings. The van der Waals surface area contributed by atoms with Gasteiger partial charge in [0.1, 0.15) is 6.61 Å². The number of aryl methyl sites for hydroxylation is 2. The number of ether oxygens (including phenoxy) is 2. The lowest BCUT2D eigenvalue weighted by molar-refractivity contribution is -0.142. The molecule has 0 atom stereocenters. The Balaban J connectivity index is 2.36. The molecule has 0 aromatic heterocycles. The van der Waals surface area contributed by atoms with Crippen LogP contribution in [0.25, 0.3) is 0 Å². The van der Waals surface area contributed by atoms with Gasteiger partial charge in [-0.15, -0.1) is 11.8 Å². The minimum Gasteiger partial charge on any atom is -0.463 e. The molecule has 0 aliphatic rings. The van der Waals surface area contributed by atoms with Crippen molar-refractivity contribution in [2.75, 3.05) is 19.0 Å². The molecule has 1 aromatic rings. The second-order valence-corrected chi connectivity index (χ2v) is 6.67. The zero-order chi connectivity index (χ0) is 15.1. The molecule has 0 saturated heterocycles. The van der Waals surface area contributed by atoms with Crippen LogP contribution in [-0.2, 0) is 14.3 Å². The molecule has 1 aromatic carbocycles. The summed E-state index contributed by atoms with van der Waals surface area (Å²) >= 11 is 5.01. The standard InChI is InChI=1S/C15H21BrO3S/c1-10(2)18-5-6-19-15(17)9-20-14-8-11(3)13(16)7-12(14)4/h7-8,10H,5-6,9H2,1-4H3. The number of carbonyl (C=O) groups excluding carboxylic acids is 1. The maximum absolute atomic E-state index is 11.6. The van der Waals surface area contributed by atoms with Crippen LogP contribution in [0.1, 0.15) is 25.0 Å². The monoisotopic (exact) mass is 360 g/mol. The highest BCUT2D eigenvalue weighted by Gasteiger charge is 2.08. The molecule has 3 nitrogen and oxygen atoms in total. The van der Waals surface area contributed by atoms with Crippen LogP contribution >= 0.6 is 27.7 Å². The van der Waals surface area contributed by atoms with Gasteiger partial charge in [-0.2, -0.15) is 0 Å². The summed E-state index contributed by atoms with van der Waals surface area (Å²) in [4.78, 5) is 12.7. The molecule has 20 heavy (non-hydrogen) atoms. The van der Waals surface area contributed by atoms with Crippen LogP contribution in [0.3, 0.4) is 0 Å². The molecular weight excluding hydrogens is 340 g/mol. The van der Waals surface area contributed by atoms with Crippen molar-refractivity contribution in [3.63, 3.8) is 0 Å². The van der Waals surface area contributed by atoms with Gasteiger partial charge in [0.15, 0.2) is 0 Å². The first-order valence-electron chi connectivity index (χ1n) is 6.57. The fourth-order valence-corrected chi connectivity index (χ4v) is 2.89. The van der Waals surface area contributed by atoms with Crippen LogP contribution in [0.4, 0.5) is 0 Å². The van der Waals surface area contributed by atoms with Gasteiger partial charge in [-0.25, -0.2) is 0 Å². The van der Waals surface area contributed by atoms with Crippen LogP contribution in [0.5, 0.6) is 0 Å². The van der Waals surface area contributed by atoms with Gasteiger partial charge in [0.05, 0.1) is 18.5 Å². The van der Waals surface area contributed by atoms with E-state index in [1.54, 1.807) is 0 Å². The van der Waals surface area contributed by atoms with Gasteiger partial charge in [-0.3, -0.25) is 4.79 Å². The zero-order valence-corrected chi connectivity index (χ0v) is 14.8. The van der Waals surface area contributed by atoms with Crippen LogP contribution in [0.2, 0.25) is 0 Å². The van der Waals surface area contributed by atoms with Gasteiger partial charge in [-0.05, 0) is 51.0 Å². The largest absolute Gasteiger partial charge is 0.463 e. The van der Waals surface area contributed by atoms with Crippen molar-refractivity contribution in [1.29, 1.82) is 0 Å². The van der Waals surface area contributed by atoms with E-state index < -0.39 is 0 Å². The Labute approximate surface area is 133 Å². The first-order chi connectivity index (χ1) is 9.40. The number of rotatable bonds is 7. The van der Waals surface area contributed by atoms with Gasteiger partial charge < -0.3 is 9.47 Å². The van der Waals surface area contributed by atoms with Crippen molar-refractivity contribution < 1.29 is 14.3 Å². The quantitative estimate of drug-likeness (QED) is 0.416. The molecule has 0 spiro atoms. The predicted molar refractivity (Wildman–Crippen MR) is 86.4 cm³/mol. The molecular formula is C15H21BrO3S. The van der Waals surface area contributed by atoms with Gasteiger partial charge in [0.2, 0.25) is 0 Å². The molecule has 0 heterocycles. The minimum atomic E-state index is -0.206. The zero-order valence-electron chi connectivity index (χ0n) is 12.4. The topological polar surface area (TPSA) is 35.5 Å². The second kappa shape index (κ2) is 8.70. The maximum atomic E-state index is 11.6. The number of benzene rings is 1. The summed E-state index contributed by atoms with van der Waals surface area (Å²) in [6, 6.07) is 4.15. The van der Waals surface area contributed by atoms with Crippen LogP contribution < -0.4 is 0 Å². The third-order valence-electron chi connectivity index (χ3n) is 2.60. The molecule has 0 saturated carbocycles. The highest BCUT2D eigenvalue weighted by atomic mass is 79.9. The van der Waals surface area contributed by atoms with Crippen LogP contribution in [0.15, 0.2) is 21.5 Å². The van der Waals surface area contributed by atoms with E-state index in [1.807, 2.05) is 27.7 Å². The van der Waals surface area contributed by atoms with E-state index in [0.717, 1.165) is 20.5 Å². The first kappa shape index (κ1) is 17.5. The normalized spacial score (nSPS) is 10.9. The number of esters is 1. The van der Waals surface area contributed by atoms with Crippen molar-refractivity contribution >= 4 is 33.7 Å². The van der Waals surface area contributed by atoms with Crippen LogP contribution in [-0.4, -0.2) is 31.0 Å². The molecule has 0 aliphatic heterocycles. The summed E-state index contributed by atoms with van der Waals surface area (Å²) in [5, 5.41) is 0. The van der Waals surface area contributed by atoms with Crippen molar-refractivity contribution in [2.45, 2.75) is 38.7 Å². The van der Waals surface area contributed by atoms with E-state index in [1.165, 1.54) is 11.8 Å². The average molecular weight is 361 g/mol. The lowest BCUT2D eigenvalue weighted by atomic mass is 10.2. The summed E-state index contributed by atoms with van der Waals surface area (Å²) in [5.41, 5.74) is 2.32. The molecule has 0 aliphatic carbocycles. The third-order valence-corrected chi connectivity index (χ3v) is 4.58. The van der Waals surface area contributed by atoms with Gasteiger partial charge in [-0.1, -0.05) is 15.9 Å². The molecule has 112 valence electrons. The number of hydrogen-bond acceptors (Lipinski definition) is 4. The maximum Gasteiger partial charge on any atom is 0.316 e. The summed E-state index contributed by atoms with van der Waals surface area (Å²) in [6.07, 6.45) is 0.163. The Hall–Kier alpha value is -0.520. The number of hydrogen-bond donors (Lipinski definition) is 0. The van der Waals surface area contributed by atoms with Crippen molar-refractivity contribution in [3.8, 4) is 0 Å². The van der Waals surface area contributed by atoms with E-state index in [2.05, 4.69) is 28.1 Å². The highest BCUT2D eigenvalue weighted by molar-refractivity contribution is 9.10. The molecule has 0 bridgehead atoms. The van der Waals surface area contributed by atoms with Gasteiger partial charge >= 0.3 is 5.97 Å². The number of thioether (sulfide) groups is 1. The Kier molecular flexibility index (Phi) is 7.62. The van der Waals surface area contributed by atoms with E-state index >= 15 is 0 Å². The number of carbonyl (C=O) groups is 1. The van der Waals surface area contributed by atoms with Gasteiger partial charge in [0.25, 0.3) is 0 Å². The lowest BCUT2D eigenvalue weighted by Gasteiger charge is -2.10. The fraction of sp³-hybridized carbons (Fsp3) is 0.533. The predicted octanol–water partition coefficient (Wildman–Crippen LogP) is 4.13. The fourth-order valence-electron chi connectivity index (χ4n) is 1.53. The molecule has 0 N–H and O–H groups in total. The van der Waals surface area contributed by atoms with E-state index in [4.69, 9.17) is 9.47 Å². The van der Waals surface area contributed by atoms with Crippen molar-refractivity contribution in [2.24, 2.45) is 0 Å². The Morgan fingerprint density at radius 1 is 1.25 bits per heavy atom. The lowest BCUT2D eigenvalue weighted by Crippen LogP contribution is -2.14. The van der Waals surface area contributed by atoms with E-state index in [-0.39, 0.29) is 12.1 Å². The number of halogens is 1. The molecule has 0 radical (unpaired) electrons. The average Bonchev–Trinajstić information content (AvgIpc) is 2.37. The Morgan fingerprint density at radius 3 is 2.60 bits per heavy atom. The molecule has 5 heteroatoms. The molecule has 1 rings (SSSR count). The molecule has 0 unspecified atom stereocenters. The Morgan fingerprint density at radius 2 is 1.95 bits per heavy atom. The minimum absolute atomic E-state index is 0.163. The van der Waals surface area contributed by atoms with E-state index in [0.29, 0.717) is 19.0 Å². The van der Waals surface area contributed by atoms with E-state index in [9.17, 15) is 4.79 Å². The SMILES string of the molecule is Cc1cc(SCC(=O)OCCOC(C)C)c(C)cc1Br. The summed E-state index contributed by atoms with van der Waals surface area (Å²) < 4.78 is 11.5. The first-order valence-corrected chi connectivity index (χ1v) is 8.34.